The van der Waals surface area contributed by atoms with Gasteiger partial charge in [0.05, 0.1) is 6.10 Å². The zero-order chi connectivity index (χ0) is 12.5. The van der Waals surface area contributed by atoms with Gasteiger partial charge in [0.1, 0.15) is 6.61 Å². The molecular formula is C13H16O4. The first-order valence-corrected chi connectivity index (χ1v) is 5.38. The highest BCUT2D eigenvalue weighted by Gasteiger charge is 2.02. The van der Waals surface area contributed by atoms with Crippen LogP contribution in [0.15, 0.2) is 36.3 Å². The molecule has 0 bridgehead atoms. The molecule has 0 aliphatic carbocycles. The summed E-state index contributed by atoms with van der Waals surface area (Å²) in [4.78, 5) is 10.5. The van der Waals surface area contributed by atoms with Gasteiger partial charge in [-0.15, -0.1) is 0 Å². The minimum atomic E-state index is -0.186. The van der Waals surface area contributed by atoms with Crippen molar-refractivity contribution in [1.29, 1.82) is 0 Å². The molecule has 0 aliphatic heterocycles. The maximum atomic E-state index is 10.5. The van der Waals surface area contributed by atoms with Gasteiger partial charge in [-0.1, -0.05) is 30.3 Å². The fourth-order valence-corrected chi connectivity index (χ4v) is 1.05. The van der Waals surface area contributed by atoms with Crippen LogP contribution in [0.5, 0.6) is 0 Å². The third kappa shape index (κ3) is 5.76. The Hall–Kier alpha value is -1.77. The average Bonchev–Trinajstić information content (AvgIpc) is 2.34. The van der Waals surface area contributed by atoms with E-state index < -0.39 is 0 Å². The molecule has 17 heavy (non-hydrogen) atoms. The molecule has 0 spiro atoms. The van der Waals surface area contributed by atoms with Crippen molar-refractivity contribution < 1.29 is 19.0 Å². The lowest BCUT2D eigenvalue weighted by Crippen LogP contribution is -2.08. The van der Waals surface area contributed by atoms with Crippen LogP contribution in [-0.2, 0) is 25.6 Å². The SMILES string of the molecule is CC(C)OCOC(=C=O)OCc1ccccc1. The third-order valence-corrected chi connectivity index (χ3v) is 1.89. The van der Waals surface area contributed by atoms with Crippen LogP contribution in [0, 0.1) is 0 Å². The molecule has 0 N–H and O–H groups in total. The number of hydrogen-bond donors (Lipinski definition) is 0. The molecule has 1 rings (SSSR count). The van der Waals surface area contributed by atoms with Gasteiger partial charge in [-0.3, -0.25) is 0 Å². The fraction of sp³-hybridized carbons (Fsp3) is 0.385. The van der Waals surface area contributed by atoms with Crippen LogP contribution in [0.2, 0.25) is 0 Å². The highest BCUT2D eigenvalue weighted by atomic mass is 16.7. The Bertz CT molecular complexity index is 366. The molecule has 92 valence electrons. The molecule has 0 aliphatic rings. The molecule has 0 unspecified atom stereocenters. The molecule has 0 saturated heterocycles. The summed E-state index contributed by atoms with van der Waals surface area (Å²) in [5.41, 5.74) is 0.952. The molecule has 0 heterocycles. The quantitative estimate of drug-likeness (QED) is 0.414. The maximum Gasteiger partial charge on any atom is 0.372 e. The van der Waals surface area contributed by atoms with Crippen molar-refractivity contribution in [3.63, 3.8) is 0 Å². The number of rotatable bonds is 7. The molecule has 4 heteroatoms. The molecular weight excluding hydrogens is 220 g/mol. The normalized spacial score (nSPS) is 9.82. The molecule has 0 atom stereocenters. The lowest BCUT2D eigenvalue weighted by Gasteiger charge is -2.10. The van der Waals surface area contributed by atoms with Crippen molar-refractivity contribution in [1.82, 2.24) is 0 Å². The zero-order valence-corrected chi connectivity index (χ0v) is 10.0. The van der Waals surface area contributed by atoms with E-state index in [1.807, 2.05) is 44.2 Å². The second-order valence-corrected chi connectivity index (χ2v) is 3.64. The van der Waals surface area contributed by atoms with E-state index in [4.69, 9.17) is 14.2 Å². The Morgan fingerprint density at radius 3 is 2.53 bits per heavy atom. The van der Waals surface area contributed by atoms with E-state index in [-0.39, 0.29) is 25.4 Å². The Labute approximate surface area is 101 Å². The zero-order valence-electron chi connectivity index (χ0n) is 10.0. The molecule has 4 nitrogen and oxygen atoms in total. The molecule has 0 saturated carbocycles. The Balaban J connectivity index is 2.31. The van der Waals surface area contributed by atoms with E-state index >= 15 is 0 Å². The van der Waals surface area contributed by atoms with Crippen LogP contribution < -0.4 is 0 Å². The summed E-state index contributed by atoms with van der Waals surface area (Å²) in [6.45, 7) is 4.00. The lowest BCUT2D eigenvalue weighted by atomic mass is 10.2. The standard InChI is InChI=1S/C13H16O4/c1-11(2)16-10-17-13(8-14)15-9-12-6-4-3-5-7-12/h3-7,11H,9-10H2,1-2H3. The van der Waals surface area contributed by atoms with Crippen molar-refractivity contribution in [3.05, 3.63) is 41.8 Å². The molecule has 1 aromatic rings. The van der Waals surface area contributed by atoms with E-state index in [0.29, 0.717) is 0 Å². The molecule has 1 aromatic carbocycles. The minimum Gasteiger partial charge on any atom is -0.452 e. The van der Waals surface area contributed by atoms with Crippen LogP contribution in [0.4, 0.5) is 0 Å². The van der Waals surface area contributed by atoms with Crippen molar-refractivity contribution in [3.8, 4) is 0 Å². The van der Waals surface area contributed by atoms with Crippen molar-refractivity contribution in [2.45, 2.75) is 26.6 Å². The number of ether oxygens (including phenoxy) is 3. The monoisotopic (exact) mass is 236 g/mol. The van der Waals surface area contributed by atoms with Crippen molar-refractivity contribution >= 4 is 5.94 Å². The van der Waals surface area contributed by atoms with Gasteiger partial charge in [0.25, 0.3) is 0 Å². The van der Waals surface area contributed by atoms with Crippen LogP contribution in [0.1, 0.15) is 19.4 Å². The largest absolute Gasteiger partial charge is 0.452 e. The second kappa shape index (κ2) is 7.49. The van der Waals surface area contributed by atoms with Crippen LogP contribution >= 0.6 is 0 Å². The summed E-state index contributed by atoms with van der Waals surface area (Å²) in [7, 11) is 0. The average molecular weight is 236 g/mol. The smallest absolute Gasteiger partial charge is 0.372 e. The first-order valence-electron chi connectivity index (χ1n) is 5.38. The van der Waals surface area contributed by atoms with Gasteiger partial charge < -0.3 is 14.2 Å². The van der Waals surface area contributed by atoms with Gasteiger partial charge in [-0.05, 0) is 19.4 Å². The number of hydrogen-bond acceptors (Lipinski definition) is 4. The van der Waals surface area contributed by atoms with E-state index in [2.05, 4.69) is 0 Å². The van der Waals surface area contributed by atoms with Crippen LogP contribution in [-0.4, -0.2) is 18.8 Å². The van der Waals surface area contributed by atoms with Crippen LogP contribution in [0.3, 0.4) is 0 Å². The Morgan fingerprint density at radius 2 is 1.94 bits per heavy atom. The highest BCUT2D eigenvalue weighted by Crippen LogP contribution is 2.05. The number of benzene rings is 1. The highest BCUT2D eigenvalue weighted by molar-refractivity contribution is 5.46. The Kier molecular flexibility index (Phi) is 5.86. The minimum absolute atomic E-state index is 0.0168. The van der Waals surface area contributed by atoms with Crippen molar-refractivity contribution in [2.75, 3.05) is 6.79 Å². The predicted molar refractivity (Wildman–Crippen MR) is 62.6 cm³/mol. The first-order chi connectivity index (χ1) is 8.22. The van der Waals surface area contributed by atoms with E-state index in [1.165, 1.54) is 0 Å². The summed E-state index contributed by atoms with van der Waals surface area (Å²) in [5, 5.41) is 0. The summed E-state index contributed by atoms with van der Waals surface area (Å²) in [6, 6.07) is 9.49. The van der Waals surface area contributed by atoms with E-state index in [1.54, 1.807) is 5.94 Å². The van der Waals surface area contributed by atoms with Gasteiger partial charge >= 0.3 is 5.95 Å². The second-order valence-electron chi connectivity index (χ2n) is 3.64. The summed E-state index contributed by atoms with van der Waals surface area (Å²) >= 11 is 0. The lowest BCUT2D eigenvalue weighted by molar-refractivity contribution is -0.0932. The Morgan fingerprint density at radius 1 is 1.24 bits per heavy atom. The van der Waals surface area contributed by atoms with Gasteiger partial charge in [0.2, 0.25) is 5.94 Å². The molecule has 0 radical (unpaired) electrons. The van der Waals surface area contributed by atoms with Crippen LogP contribution in [0.25, 0.3) is 0 Å². The summed E-state index contributed by atoms with van der Waals surface area (Å²) < 4.78 is 15.2. The predicted octanol–water partition coefficient (Wildman–Crippen LogP) is 2.28. The van der Waals surface area contributed by atoms with E-state index in [9.17, 15) is 4.79 Å². The van der Waals surface area contributed by atoms with Gasteiger partial charge in [-0.25, -0.2) is 4.79 Å². The summed E-state index contributed by atoms with van der Waals surface area (Å²) in [6.07, 6.45) is 0.0389. The molecule has 0 aromatic heterocycles. The van der Waals surface area contributed by atoms with E-state index in [0.717, 1.165) is 5.56 Å². The number of carbonyl (C=O) groups excluding carboxylic acids is 1. The van der Waals surface area contributed by atoms with Gasteiger partial charge in [0.15, 0.2) is 6.79 Å². The molecule has 0 fully saturated rings. The van der Waals surface area contributed by atoms with Gasteiger partial charge in [-0.2, -0.15) is 0 Å². The fourth-order valence-electron chi connectivity index (χ4n) is 1.05. The summed E-state index contributed by atoms with van der Waals surface area (Å²) in [5.74, 6) is 1.40. The van der Waals surface area contributed by atoms with Gasteiger partial charge in [0, 0.05) is 0 Å². The topological polar surface area (TPSA) is 44.8 Å². The first kappa shape index (κ1) is 13.3. The maximum absolute atomic E-state index is 10.5. The third-order valence-electron chi connectivity index (χ3n) is 1.89. The van der Waals surface area contributed by atoms with Crippen molar-refractivity contribution in [2.24, 2.45) is 0 Å². The molecule has 0 amide bonds.